The van der Waals surface area contributed by atoms with Crippen molar-refractivity contribution in [2.45, 2.75) is 24.7 Å². The van der Waals surface area contributed by atoms with Gasteiger partial charge in [-0.3, -0.25) is 0 Å². The minimum Gasteiger partial charge on any atom is -0.396 e. The Morgan fingerprint density at radius 2 is 1.92 bits per heavy atom. The summed E-state index contributed by atoms with van der Waals surface area (Å²) in [5.74, 6) is 0.498. The maximum Gasteiger partial charge on any atom is 0.139 e. The zero-order chi connectivity index (χ0) is 18.3. The summed E-state index contributed by atoms with van der Waals surface area (Å²) in [5.41, 5.74) is 7.55. The van der Waals surface area contributed by atoms with Crippen molar-refractivity contribution in [1.82, 2.24) is 9.97 Å². The van der Waals surface area contributed by atoms with E-state index < -0.39 is 18.2 Å². The van der Waals surface area contributed by atoms with E-state index in [0.717, 1.165) is 20.8 Å². The minimum atomic E-state index is -0.987. The van der Waals surface area contributed by atoms with Crippen LogP contribution >= 0.6 is 11.3 Å². The van der Waals surface area contributed by atoms with E-state index in [9.17, 15) is 15.3 Å². The Morgan fingerprint density at radius 1 is 1.12 bits per heavy atom. The summed E-state index contributed by atoms with van der Waals surface area (Å²) >= 11 is 1.55. The number of benzene rings is 1. The van der Waals surface area contributed by atoms with Crippen LogP contribution in [0.2, 0.25) is 0 Å². The van der Waals surface area contributed by atoms with E-state index in [0.29, 0.717) is 18.1 Å². The second-order valence-corrected chi connectivity index (χ2v) is 7.56. The van der Waals surface area contributed by atoms with Gasteiger partial charge in [0.25, 0.3) is 0 Å². The third kappa shape index (κ3) is 3.01. The number of para-hydroxylation sites is 1. The van der Waals surface area contributed by atoms with Gasteiger partial charge in [0.2, 0.25) is 0 Å². The lowest BCUT2D eigenvalue weighted by molar-refractivity contribution is 0.00446. The zero-order valence-electron chi connectivity index (χ0n) is 13.9. The van der Waals surface area contributed by atoms with Gasteiger partial charge in [-0.1, -0.05) is 12.1 Å². The van der Waals surface area contributed by atoms with Crippen molar-refractivity contribution >= 4 is 33.2 Å². The molecule has 4 rings (SSSR count). The van der Waals surface area contributed by atoms with Gasteiger partial charge in [-0.05, 0) is 30.7 Å². The molecule has 1 saturated carbocycles. The van der Waals surface area contributed by atoms with Crippen LogP contribution in [0, 0.1) is 5.92 Å². The fraction of sp³-hybridized carbons (Fsp3) is 0.333. The van der Waals surface area contributed by atoms with Crippen LogP contribution in [0.5, 0.6) is 0 Å². The fourth-order valence-corrected chi connectivity index (χ4v) is 4.36. The highest BCUT2D eigenvalue weighted by molar-refractivity contribution is 7.21. The number of nitrogens with one attached hydrogen (secondary N) is 1. The van der Waals surface area contributed by atoms with E-state index in [1.165, 1.54) is 0 Å². The topological polar surface area (TPSA) is 125 Å². The Labute approximate surface area is 154 Å². The summed E-state index contributed by atoms with van der Waals surface area (Å²) in [4.78, 5) is 9.03. The Balaban J connectivity index is 1.69. The van der Waals surface area contributed by atoms with Gasteiger partial charge in [0.05, 0.1) is 27.9 Å². The molecule has 0 spiro atoms. The van der Waals surface area contributed by atoms with Crippen molar-refractivity contribution in [2.75, 3.05) is 17.7 Å². The number of rotatable bonds is 4. The van der Waals surface area contributed by atoms with E-state index in [2.05, 4.69) is 15.3 Å². The normalized spacial score (nSPS) is 25.7. The van der Waals surface area contributed by atoms with Gasteiger partial charge in [-0.15, -0.1) is 11.3 Å². The molecule has 0 bridgehead atoms. The van der Waals surface area contributed by atoms with Crippen LogP contribution in [0.3, 0.4) is 0 Å². The number of aromatic nitrogens is 2. The molecule has 3 aromatic rings. The van der Waals surface area contributed by atoms with Crippen molar-refractivity contribution in [3.8, 4) is 10.6 Å². The first kappa shape index (κ1) is 17.2. The SMILES string of the molecule is Nc1ccc(-c2nc3ccccc3s2)c(N[C@@H]2C[C@H](CO)[C@@H](O)[C@H]2O)n1. The molecule has 26 heavy (non-hydrogen) atoms. The van der Waals surface area contributed by atoms with Crippen LogP contribution in [0.4, 0.5) is 11.6 Å². The third-order valence-corrected chi connectivity index (χ3v) is 5.87. The summed E-state index contributed by atoms with van der Waals surface area (Å²) in [6.45, 7) is -0.175. The number of anilines is 2. The highest BCUT2D eigenvalue weighted by atomic mass is 32.1. The van der Waals surface area contributed by atoms with E-state index in [-0.39, 0.29) is 12.5 Å². The van der Waals surface area contributed by atoms with Crippen molar-refractivity contribution in [1.29, 1.82) is 0 Å². The molecule has 4 atom stereocenters. The molecule has 8 heteroatoms. The van der Waals surface area contributed by atoms with Gasteiger partial charge in [-0.2, -0.15) is 0 Å². The average Bonchev–Trinajstić information content (AvgIpc) is 3.18. The number of hydrogen-bond donors (Lipinski definition) is 5. The van der Waals surface area contributed by atoms with E-state index in [1.54, 1.807) is 17.4 Å². The van der Waals surface area contributed by atoms with Gasteiger partial charge < -0.3 is 26.4 Å². The molecule has 1 aliphatic carbocycles. The van der Waals surface area contributed by atoms with Gasteiger partial charge in [-0.25, -0.2) is 9.97 Å². The molecular formula is C18H20N4O3S. The zero-order valence-corrected chi connectivity index (χ0v) is 14.7. The number of pyridine rings is 1. The number of nitrogen functional groups attached to an aromatic ring is 1. The van der Waals surface area contributed by atoms with Gasteiger partial charge in [0, 0.05) is 12.5 Å². The number of aliphatic hydroxyl groups is 3. The Kier molecular flexibility index (Phi) is 4.49. The Hall–Kier alpha value is -2.26. The van der Waals surface area contributed by atoms with Crippen LogP contribution in [0.1, 0.15) is 6.42 Å². The summed E-state index contributed by atoms with van der Waals surface area (Å²) in [7, 11) is 0. The molecule has 1 fully saturated rings. The van der Waals surface area contributed by atoms with E-state index >= 15 is 0 Å². The second-order valence-electron chi connectivity index (χ2n) is 6.53. The maximum atomic E-state index is 10.3. The van der Waals surface area contributed by atoms with Crippen LogP contribution < -0.4 is 11.1 Å². The standard InChI is InChI=1S/C18H20N4O3S/c19-14-6-5-10(18-21-11-3-1-2-4-13(11)26-18)17(22-14)20-12-7-9(8-23)15(24)16(12)25/h1-6,9,12,15-16,23-25H,7-8H2,(H3,19,20,22)/t9-,12-,15-,16+/m1/s1. The Bertz CT molecular complexity index is 899. The van der Waals surface area contributed by atoms with Crippen molar-refractivity contribution in [3.05, 3.63) is 36.4 Å². The summed E-state index contributed by atoms with van der Waals surface area (Å²) in [6.07, 6.45) is -1.52. The van der Waals surface area contributed by atoms with Crippen molar-refractivity contribution < 1.29 is 15.3 Å². The highest BCUT2D eigenvalue weighted by Gasteiger charge is 2.41. The lowest BCUT2D eigenvalue weighted by Crippen LogP contribution is -2.35. The largest absolute Gasteiger partial charge is 0.396 e. The molecule has 0 aliphatic heterocycles. The monoisotopic (exact) mass is 372 g/mol. The molecule has 0 amide bonds. The fourth-order valence-electron chi connectivity index (χ4n) is 3.37. The summed E-state index contributed by atoms with van der Waals surface area (Å²) in [6, 6.07) is 11.0. The first-order chi connectivity index (χ1) is 12.6. The predicted octanol–water partition coefficient (Wildman–Crippen LogP) is 1.45. The van der Waals surface area contributed by atoms with Gasteiger partial charge in [0.15, 0.2) is 0 Å². The van der Waals surface area contributed by atoms with E-state index in [4.69, 9.17) is 5.73 Å². The van der Waals surface area contributed by atoms with Crippen molar-refractivity contribution in [3.63, 3.8) is 0 Å². The second kappa shape index (κ2) is 6.81. The number of nitrogens with two attached hydrogens (primary N) is 1. The first-order valence-electron chi connectivity index (χ1n) is 8.43. The average molecular weight is 372 g/mol. The number of hydrogen-bond acceptors (Lipinski definition) is 8. The third-order valence-electron chi connectivity index (χ3n) is 4.80. The van der Waals surface area contributed by atoms with Gasteiger partial charge in [0.1, 0.15) is 22.7 Å². The quantitative estimate of drug-likeness (QED) is 0.469. The molecule has 7 nitrogen and oxygen atoms in total. The summed E-state index contributed by atoms with van der Waals surface area (Å²) in [5, 5.41) is 33.7. The summed E-state index contributed by atoms with van der Waals surface area (Å²) < 4.78 is 1.07. The molecule has 0 radical (unpaired) electrons. The Morgan fingerprint density at radius 3 is 2.65 bits per heavy atom. The van der Waals surface area contributed by atoms with Crippen LogP contribution in [-0.2, 0) is 0 Å². The lowest BCUT2D eigenvalue weighted by Gasteiger charge is -2.20. The van der Waals surface area contributed by atoms with Crippen LogP contribution in [0.25, 0.3) is 20.8 Å². The molecule has 1 aliphatic rings. The van der Waals surface area contributed by atoms with Crippen LogP contribution in [0.15, 0.2) is 36.4 Å². The maximum absolute atomic E-state index is 10.3. The number of aliphatic hydroxyl groups excluding tert-OH is 3. The van der Waals surface area contributed by atoms with Crippen LogP contribution in [-0.4, -0.2) is 50.1 Å². The molecule has 136 valence electrons. The first-order valence-corrected chi connectivity index (χ1v) is 9.24. The molecular weight excluding hydrogens is 352 g/mol. The molecule has 0 saturated heterocycles. The molecule has 2 heterocycles. The van der Waals surface area contributed by atoms with E-state index in [1.807, 2.05) is 30.3 Å². The molecule has 0 unspecified atom stereocenters. The highest BCUT2D eigenvalue weighted by Crippen LogP contribution is 2.36. The predicted molar refractivity (Wildman–Crippen MR) is 102 cm³/mol. The number of fused-ring (bicyclic) bond motifs is 1. The lowest BCUT2D eigenvalue weighted by atomic mass is 10.1. The number of thiazole rings is 1. The molecule has 2 aromatic heterocycles. The van der Waals surface area contributed by atoms with Crippen molar-refractivity contribution in [2.24, 2.45) is 5.92 Å². The minimum absolute atomic E-state index is 0.175. The molecule has 6 N–H and O–H groups in total. The number of nitrogens with zero attached hydrogens (tertiary/aromatic N) is 2. The smallest absolute Gasteiger partial charge is 0.139 e. The van der Waals surface area contributed by atoms with Gasteiger partial charge >= 0.3 is 0 Å². The molecule has 1 aromatic carbocycles.